The molecule has 1 N–H and O–H groups in total. The molecule has 2 rings (SSSR count). The lowest BCUT2D eigenvalue weighted by Crippen LogP contribution is -2.17. The minimum absolute atomic E-state index is 0.108. The first kappa shape index (κ1) is 14.5. The van der Waals surface area contributed by atoms with Crippen LogP contribution in [0.1, 0.15) is 23.4 Å². The summed E-state index contributed by atoms with van der Waals surface area (Å²) < 4.78 is 39.4. The Morgan fingerprint density at radius 2 is 1.85 bits per heavy atom. The molecule has 0 bridgehead atoms. The van der Waals surface area contributed by atoms with Gasteiger partial charge in [0.25, 0.3) is 0 Å². The normalized spacial score (nSPS) is 11.8. The Kier molecular flexibility index (Phi) is 4.39. The van der Waals surface area contributed by atoms with Crippen LogP contribution in [0.3, 0.4) is 0 Å². The standard InChI is InChI=1S/C13H14F3N3O/c14-13(15,16)12-11(9-20)17-18-19(12)8-4-7-10-5-2-1-3-6-10/h1-3,5-6,20H,4,7-9H2. The zero-order valence-electron chi connectivity index (χ0n) is 10.6. The van der Waals surface area contributed by atoms with Crippen molar-refractivity contribution in [3.63, 3.8) is 0 Å². The van der Waals surface area contributed by atoms with Gasteiger partial charge < -0.3 is 5.11 Å². The van der Waals surface area contributed by atoms with Crippen molar-refractivity contribution in [2.75, 3.05) is 0 Å². The lowest BCUT2D eigenvalue weighted by atomic mass is 10.1. The monoisotopic (exact) mass is 285 g/mol. The van der Waals surface area contributed by atoms with E-state index in [2.05, 4.69) is 10.3 Å². The molecule has 0 atom stereocenters. The molecule has 1 aromatic heterocycles. The molecule has 0 amide bonds. The van der Waals surface area contributed by atoms with Crippen molar-refractivity contribution in [3.8, 4) is 0 Å². The first-order valence-electron chi connectivity index (χ1n) is 6.16. The second-order valence-corrected chi connectivity index (χ2v) is 4.35. The molecule has 7 heteroatoms. The number of hydrogen-bond acceptors (Lipinski definition) is 3. The van der Waals surface area contributed by atoms with Crippen LogP contribution in [0.25, 0.3) is 0 Å². The SMILES string of the molecule is OCc1nnn(CCCc2ccccc2)c1C(F)(F)F. The van der Waals surface area contributed by atoms with Crippen molar-refractivity contribution < 1.29 is 18.3 Å². The van der Waals surface area contributed by atoms with Crippen LogP contribution in [0.5, 0.6) is 0 Å². The van der Waals surface area contributed by atoms with E-state index in [1.54, 1.807) is 0 Å². The fourth-order valence-electron chi connectivity index (χ4n) is 2.00. The number of aromatic nitrogens is 3. The average Bonchev–Trinajstić information content (AvgIpc) is 2.83. The second-order valence-electron chi connectivity index (χ2n) is 4.35. The Hall–Kier alpha value is -1.89. The molecule has 0 radical (unpaired) electrons. The fourth-order valence-corrected chi connectivity index (χ4v) is 2.00. The van der Waals surface area contributed by atoms with Crippen LogP contribution in [0.15, 0.2) is 30.3 Å². The summed E-state index contributed by atoms with van der Waals surface area (Å²) in [7, 11) is 0. The van der Waals surface area contributed by atoms with Crippen LogP contribution in [0, 0.1) is 0 Å². The summed E-state index contributed by atoms with van der Waals surface area (Å²) in [6, 6.07) is 9.50. The van der Waals surface area contributed by atoms with E-state index in [-0.39, 0.29) is 6.54 Å². The Bertz CT molecular complexity index is 552. The number of aryl methyl sites for hydroxylation is 2. The molecule has 0 aliphatic carbocycles. The maximum atomic E-state index is 12.9. The molecule has 0 unspecified atom stereocenters. The van der Waals surface area contributed by atoms with E-state index in [1.807, 2.05) is 30.3 Å². The smallest absolute Gasteiger partial charge is 0.390 e. The summed E-state index contributed by atoms with van der Waals surface area (Å²) in [4.78, 5) is 0. The Labute approximate surface area is 113 Å². The Morgan fingerprint density at radius 3 is 2.45 bits per heavy atom. The van der Waals surface area contributed by atoms with E-state index >= 15 is 0 Å². The van der Waals surface area contributed by atoms with Gasteiger partial charge in [-0.25, -0.2) is 4.68 Å². The first-order valence-corrected chi connectivity index (χ1v) is 6.16. The van der Waals surface area contributed by atoms with Gasteiger partial charge in [0.1, 0.15) is 5.69 Å². The minimum Gasteiger partial charge on any atom is -0.390 e. The minimum atomic E-state index is -4.56. The topological polar surface area (TPSA) is 50.9 Å². The van der Waals surface area contributed by atoms with Crippen LogP contribution >= 0.6 is 0 Å². The van der Waals surface area contributed by atoms with Crippen molar-refractivity contribution in [3.05, 3.63) is 47.3 Å². The van der Waals surface area contributed by atoms with Gasteiger partial charge in [-0.2, -0.15) is 13.2 Å². The van der Waals surface area contributed by atoms with E-state index in [9.17, 15) is 13.2 Å². The summed E-state index contributed by atoms with van der Waals surface area (Å²) >= 11 is 0. The van der Waals surface area contributed by atoms with Gasteiger partial charge in [0.2, 0.25) is 0 Å². The third-order valence-electron chi connectivity index (χ3n) is 2.90. The number of alkyl halides is 3. The van der Waals surface area contributed by atoms with Crippen molar-refractivity contribution >= 4 is 0 Å². The van der Waals surface area contributed by atoms with Crippen LogP contribution < -0.4 is 0 Å². The Balaban J connectivity index is 2.05. The third-order valence-corrected chi connectivity index (χ3v) is 2.90. The van der Waals surface area contributed by atoms with Crippen molar-refractivity contribution in [2.45, 2.75) is 32.2 Å². The predicted octanol–water partition coefficient (Wildman–Crippen LogP) is 2.42. The van der Waals surface area contributed by atoms with Crippen LogP contribution in [-0.4, -0.2) is 20.1 Å². The number of rotatable bonds is 5. The molecular weight excluding hydrogens is 271 g/mol. The Morgan fingerprint density at radius 1 is 1.15 bits per heavy atom. The van der Waals surface area contributed by atoms with Gasteiger partial charge >= 0.3 is 6.18 Å². The predicted molar refractivity (Wildman–Crippen MR) is 65.7 cm³/mol. The van der Waals surface area contributed by atoms with E-state index in [0.717, 1.165) is 10.2 Å². The summed E-state index contributed by atoms with van der Waals surface area (Å²) in [5.74, 6) is 0. The highest BCUT2D eigenvalue weighted by molar-refractivity contribution is 5.15. The molecule has 0 aliphatic heterocycles. The summed E-state index contributed by atoms with van der Waals surface area (Å²) in [6.45, 7) is -0.662. The van der Waals surface area contributed by atoms with E-state index in [0.29, 0.717) is 12.8 Å². The zero-order valence-corrected chi connectivity index (χ0v) is 10.6. The molecule has 1 aromatic carbocycles. The summed E-state index contributed by atoms with van der Waals surface area (Å²) in [5.41, 5.74) is -0.339. The second kappa shape index (κ2) is 6.04. The van der Waals surface area contributed by atoms with Crippen LogP contribution in [-0.2, 0) is 25.7 Å². The molecule has 0 fully saturated rings. The highest BCUT2D eigenvalue weighted by Crippen LogP contribution is 2.31. The van der Waals surface area contributed by atoms with E-state index < -0.39 is 24.2 Å². The van der Waals surface area contributed by atoms with Gasteiger partial charge in [-0.15, -0.1) is 5.10 Å². The highest BCUT2D eigenvalue weighted by Gasteiger charge is 2.38. The van der Waals surface area contributed by atoms with Gasteiger partial charge in [0, 0.05) is 6.54 Å². The molecule has 0 saturated carbocycles. The lowest BCUT2D eigenvalue weighted by Gasteiger charge is -2.10. The van der Waals surface area contributed by atoms with Crippen molar-refractivity contribution in [1.29, 1.82) is 0 Å². The van der Waals surface area contributed by atoms with E-state index in [1.165, 1.54) is 0 Å². The number of aliphatic hydroxyl groups is 1. The number of hydrogen-bond donors (Lipinski definition) is 1. The summed E-state index contributed by atoms with van der Waals surface area (Å²) in [6.07, 6.45) is -3.39. The zero-order chi connectivity index (χ0) is 14.6. The third kappa shape index (κ3) is 3.36. The molecule has 2 aromatic rings. The van der Waals surface area contributed by atoms with Crippen LogP contribution in [0.2, 0.25) is 0 Å². The maximum absolute atomic E-state index is 12.9. The number of benzene rings is 1. The molecule has 0 aliphatic rings. The van der Waals surface area contributed by atoms with Crippen molar-refractivity contribution in [2.24, 2.45) is 0 Å². The van der Waals surface area contributed by atoms with Crippen LogP contribution in [0.4, 0.5) is 13.2 Å². The molecule has 0 spiro atoms. The van der Waals surface area contributed by atoms with Gasteiger partial charge in [-0.1, -0.05) is 35.5 Å². The van der Waals surface area contributed by atoms with Gasteiger partial charge in [-0.05, 0) is 18.4 Å². The summed E-state index contributed by atoms with van der Waals surface area (Å²) in [5, 5.41) is 15.7. The molecule has 108 valence electrons. The molecule has 1 heterocycles. The quantitative estimate of drug-likeness (QED) is 0.918. The average molecular weight is 285 g/mol. The first-order chi connectivity index (χ1) is 9.52. The van der Waals surface area contributed by atoms with Gasteiger partial charge in [-0.3, -0.25) is 0 Å². The number of nitrogens with zero attached hydrogens (tertiary/aromatic N) is 3. The van der Waals surface area contributed by atoms with E-state index in [4.69, 9.17) is 5.11 Å². The van der Waals surface area contributed by atoms with Gasteiger partial charge in [0.05, 0.1) is 6.61 Å². The highest BCUT2D eigenvalue weighted by atomic mass is 19.4. The number of aliphatic hydroxyl groups excluding tert-OH is 1. The number of halogens is 3. The fraction of sp³-hybridized carbons (Fsp3) is 0.385. The maximum Gasteiger partial charge on any atom is 0.435 e. The van der Waals surface area contributed by atoms with Gasteiger partial charge in [0.15, 0.2) is 5.69 Å². The molecular formula is C13H14F3N3O. The molecule has 20 heavy (non-hydrogen) atoms. The lowest BCUT2D eigenvalue weighted by molar-refractivity contribution is -0.145. The van der Waals surface area contributed by atoms with Crippen molar-refractivity contribution in [1.82, 2.24) is 15.0 Å². The molecule has 0 saturated heterocycles. The largest absolute Gasteiger partial charge is 0.435 e. The molecule has 4 nitrogen and oxygen atoms in total.